The molecule has 4 heterocycles. The largest absolute Gasteiger partial charge is 0.484 e. The average Bonchev–Trinajstić information content (AvgIpc) is 3.25. The van der Waals surface area contributed by atoms with Crippen LogP contribution in [0.2, 0.25) is 0 Å². The molecule has 1 saturated carbocycles. The fourth-order valence-corrected chi connectivity index (χ4v) is 5.97. The first-order valence-electron chi connectivity index (χ1n) is 12.5. The summed E-state index contributed by atoms with van der Waals surface area (Å²) in [6.45, 7) is 2.05. The zero-order chi connectivity index (χ0) is 24.3. The number of aliphatic hydroxyl groups excluding tert-OH is 1. The maximum Gasteiger partial charge on any atom is 0.141 e. The van der Waals surface area contributed by atoms with Crippen molar-refractivity contribution >= 4 is 16.7 Å². The molecule has 3 aliphatic rings. The summed E-state index contributed by atoms with van der Waals surface area (Å²) >= 11 is 0. The molecule has 3 aromatic heterocycles. The topological polar surface area (TPSA) is 100 Å². The molecule has 36 heavy (non-hydrogen) atoms. The van der Waals surface area contributed by atoms with E-state index < -0.39 is 0 Å². The highest BCUT2D eigenvalue weighted by Crippen LogP contribution is 2.57. The Bertz CT molecular complexity index is 1520. The third kappa shape index (κ3) is 3.42. The monoisotopic (exact) mass is 478 g/mol. The molecule has 2 aliphatic carbocycles. The van der Waals surface area contributed by atoms with Gasteiger partial charge in [0.1, 0.15) is 23.7 Å². The summed E-state index contributed by atoms with van der Waals surface area (Å²) in [6, 6.07) is 14.2. The van der Waals surface area contributed by atoms with E-state index in [0.717, 1.165) is 78.2 Å². The van der Waals surface area contributed by atoms with Crippen LogP contribution in [0.25, 0.3) is 16.6 Å². The van der Waals surface area contributed by atoms with Gasteiger partial charge in [0, 0.05) is 48.4 Å². The van der Waals surface area contributed by atoms with Crippen LogP contribution in [-0.2, 0) is 6.42 Å². The van der Waals surface area contributed by atoms with Gasteiger partial charge in [0.2, 0.25) is 0 Å². The van der Waals surface area contributed by atoms with Gasteiger partial charge in [0.15, 0.2) is 0 Å². The second kappa shape index (κ2) is 8.04. The number of nitriles is 1. The molecule has 0 spiro atoms. The second-order valence-electron chi connectivity index (χ2n) is 10.3. The molecular formula is C28H26N6O2. The predicted octanol–water partition coefficient (Wildman–Crippen LogP) is 3.96. The maximum absolute atomic E-state index is 9.79. The summed E-state index contributed by atoms with van der Waals surface area (Å²) in [6.07, 6.45) is 9.12. The molecule has 1 aromatic carbocycles. The van der Waals surface area contributed by atoms with E-state index in [1.807, 2.05) is 47.4 Å². The van der Waals surface area contributed by atoms with E-state index in [4.69, 9.17) is 4.74 Å². The smallest absolute Gasteiger partial charge is 0.141 e. The molecule has 1 N–H and O–H groups in total. The molecular weight excluding hydrogens is 452 g/mol. The number of aryl methyl sites for hydroxylation is 1. The number of piperidine rings is 1. The molecule has 2 fully saturated rings. The number of aromatic nitrogens is 4. The van der Waals surface area contributed by atoms with Gasteiger partial charge in [-0.25, -0.2) is 9.67 Å². The van der Waals surface area contributed by atoms with E-state index >= 15 is 0 Å². The van der Waals surface area contributed by atoms with Crippen LogP contribution < -0.4 is 9.64 Å². The van der Waals surface area contributed by atoms with Gasteiger partial charge in [-0.2, -0.15) is 10.4 Å². The minimum absolute atomic E-state index is 0.0745. The molecule has 7 rings (SSSR count). The van der Waals surface area contributed by atoms with E-state index in [1.165, 1.54) is 0 Å². The van der Waals surface area contributed by atoms with Crippen molar-refractivity contribution in [2.24, 2.45) is 11.3 Å². The highest BCUT2D eigenvalue weighted by atomic mass is 16.5. The van der Waals surface area contributed by atoms with Crippen molar-refractivity contribution < 1.29 is 9.84 Å². The number of nitrogens with zero attached hydrogens (tertiary/aromatic N) is 6. The number of fused-ring (bicyclic) bond motifs is 3. The third-order valence-electron chi connectivity index (χ3n) is 8.09. The van der Waals surface area contributed by atoms with Crippen molar-refractivity contribution in [3.8, 4) is 17.5 Å². The molecule has 0 amide bonds. The fourth-order valence-electron chi connectivity index (χ4n) is 5.97. The van der Waals surface area contributed by atoms with Crippen molar-refractivity contribution in [1.82, 2.24) is 19.7 Å². The Balaban J connectivity index is 1.18. The number of pyridine rings is 2. The Kier molecular flexibility index (Phi) is 4.76. The minimum atomic E-state index is -0.136. The zero-order valence-corrected chi connectivity index (χ0v) is 19.8. The van der Waals surface area contributed by atoms with Gasteiger partial charge in [-0.3, -0.25) is 4.98 Å². The Labute approximate surface area is 208 Å². The predicted molar refractivity (Wildman–Crippen MR) is 134 cm³/mol. The summed E-state index contributed by atoms with van der Waals surface area (Å²) in [5, 5.41) is 24.7. The van der Waals surface area contributed by atoms with Crippen LogP contribution in [0.5, 0.6) is 5.75 Å². The minimum Gasteiger partial charge on any atom is -0.484 e. The molecule has 8 heteroatoms. The van der Waals surface area contributed by atoms with E-state index in [-0.39, 0.29) is 18.1 Å². The summed E-state index contributed by atoms with van der Waals surface area (Å²) < 4.78 is 8.37. The van der Waals surface area contributed by atoms with E-state index in [2.05, 4.69) is 32.1 Å². The zero-order valence-electron chi connectivity index (χ0n) is 19.8. The lowest BCUT2D eigenvalue weighted by molar-refractivity contribution is 0.178. The van der Waals surface area contributed by atoms with E-state index in [9.17, 15) is 10.4 Å². The molecule has 1 aliphatic heterocycles. The number of aliphatic hydroxyl groups is 1. The Morgan fingerprint density at radius 2 is 2.11 bits per heavy atom. The van der Waals surface area contributed by atoms with Crippen LogP contribution in [0.4, 0.5) is 5.82 Å². The number of rotatable bonds is 5. The molecule has 8 nitrogen and oxygen atoms in total. The highest BCUT2D eigenvalue weighted by molar-refractivity contribution is 5.82. The van der Waals surface area contributed by atoms with Crippen molar-refractivity contribution in [1.29, 1.82) is 5.26 Å². The molecule has 0 radical (unpaired) electrons. The Morgan fingerprint density at radius 1 is 1.17 bits per heavy atom. The van der Waals surface area contributed by atoms with Crippen LogP contribution in [0.1, 0.15) is 42.2 Å². The number of ether oxygens (including phenoxy) is 1. The SMILES string of the molecule is N#Cc1cnc2c(c1)CCC[C@H]2Oc1ccc2cnn(-c3ccnc(N4C[C@H]5C[C@@]5(CO)C4)c3)c2c1. The van der Waals surface area contributed by atoms with Gasteiger partial charge < -0.3 is 14.7 Å². The van der Waals surface area contributed by atoms with Gasteiger partial charge in [0.05, 0.1) is 35.3 Å². The van der Waals surface area contributed by atoms with E-state index in [0.29, 0.717) is 11.5 Å². The summed E-state index contributed by atoms with van der Waals surface area (Å²) in [5.41, 5.74) is 4.60. The fraction of sp³-hybridized carbons (Fsp3) is 0.357. The van der Waals surface area contributed by atoms with Gasteiger partial charge in [-0.15, -0.1) is 0 Å². The highest BCUT2D eigenvalue weighted by Gasteiger charge is 2.59. The lowest BCUT2D eigenvalue weighted by Crippen LogP contribution is -2.26. The standard InChI is InChI=1S/C28H26N6O2/c29-12-18-8-19-2-1-3-25(27(19)31-13-18)36-23-5-4-20-14-32-34(24(20)10-23)22-6-7-30-26(9-22)33-15-21-11-28(21,16-33)17-35/h4-10,13-14,21,25,35H,1-3,11,15-17H2/t21-,25-,28+/m1/s1. The molecule has 180 valence electrons. The van der Waals surface area contributed by atoms with Crippen molar-refractivity contribution in [2.45, 2.75) is 31.8 Å². The number of hydrogen-bond acceptors (Lipinski definition) is 7. The first-order chi connectivity index (χ1) is 17.7. The Morgan fingerprint density at radius 3 is 2.97 bits per heavy atom. The number of hydrogen-bond donors (Lipinski definition) is 1. The third-order valence-corrected chi connectivity index (χ3v) is 8.09. The normalized spacial score (nSPS) is 24.3. The average molecular weight is 479 g/mol. The molecule has 0 unspecified atom stereocenters. The van der Waals surface area contributed by atoms with Gasteiger partial charge in [-0.05, 0) is 61.4 Å². The van der Waals surface area contributed by atoms with Gasteiger partial charge >= 0.3 is 0 Å². The van der Waals surface area contributed by atoms with Crippen molar-refractivity contribution in [3.05, 3.63) is 71.8 Å². The summed E-state index contributed by atoms with van der Waals surface area (Å²) in [4.78, 5) is 11.4. The lowest BCUT2D eigenvalue weighted by atomic mass is 9.93. The van der Waals surface area contributed by atoms with Crippen LogP contribution in [0.3, 0.4) is 0 Å². The molecule has 0 bridgehead atoms. The van der Waals surface area contributed by atoms with Gasteiger partial charge in [-0.1, -0.05) is 0 Å². The van der Waals surface area contributed by atoms with Crippen LogP contribution in [-0.4, -0.2) is 44.6 Å². The quantitative estimate of drug-likeness (QED) is 0.463. The van der Waals surface area contributed by atoms with Gasteiger partial charge in [0.25, 0.3) is 0 Å². The first kappa shape index (κ1) is 21.3. The second-order valence-corrected chi connectivity index (χ2v) is 10.3. The van der Waals surface area contributed by atoms with Crippen molar-refractivity contribution in [2.75, 3.05) is 24.6 Å². The number of anilines is 1. The van der Waals surface area contributed by atoms with Crippen LogP contribution in [0, 0.1) is 22.7 Å². The molecule has 1 saturated heterocycles. The van der Waals surface area contributed by atoms with Crippen LogP contribution >= 0.6 is 0 Å². The Hall–Kier alpha value is -3.96. The van der Waals surface area contributed by atoms with Crippen molar-refractivity contribution in [3.63, 3.8) is 0 Å². The molecule has 4 aromatic rings. The van der Waals surface area contributed by atoms with E-state index in [1.54, 1.807) is 6.20 Å². The maximum atomic E-state index is 9.79. The summed E-state index contributed by atoms with van der Waals surface area (Å²) in [5.74, 6) is 2.27. The number of benzene rings is 1. The molecule has 3 atom stereocenters. The summed E-state index contributed by atoms with van der Waals surface area (Å²) in [7, 11) is 0. The van der Waals surface area contributed by atoms with Crippen LogP contribution in [0.15, 0.2) is 55.0 Å². The lowest BCUT2D eigenvalue weighted by Gasteiger charge is -2.25. The first-order valence-corrected chi connectivity index (χ1v) is 12.5.